The average Bonchev–Trinajstić information content (AvgIpc) is 2.82. The highest BCUT2D eigenvalue weighted by molar-refractivity contribution is 9.10. The molecule has 2 aromatic rings. The monoisotopic (exact) mass is 296 g/mol. The fourth-order valence-electron chi connectivity index (χ4n) is 1.24. The van der Waals surface area contributed by atoms with Gasteiger partial charge in [-0.25, -0.2) is 4.98 Å². The Labute approximate surface area is 106 Å². The topological polar surface area (TPSA) is 80.9 Å². The lowest BCUT2D eigenvalue weighted by molar-refractivity contribution is 0.0952. The number of carbonyl (C=O) groups excluding carboxylic acids is 1. The van der Waals surface area contributed by atoms with Gasteiger partial charge < -0.3 is 9.84 Å². The molecule has 0 aromatic carbocycles. The normalized spacial score (nSPS) is 10.2. The van der Waals surface area contributed by atoms with Gasteiger partial charge in [-0.2, -0.15) is 4.98 Å². The maximum absolute atomic E-state index is 11.7. The van der Waals surface area contributed by atoms with Crippen molar-refractivity contribution >= 4 is 21.8 Å². The van der Waals surface area contributed by atoms with Crippen molar-refractivity contribution in [1.82, 2.24) is 20.4 Å². The molecular formula is C10H9BrN4O2. The van der Waals surface area contributed by atoms with Gasteiger partial charge in [0.1, 0.15) is 4.60 Å². The lowest BCUT2D eigenvalue weighted by Gasteiger charge is -2.04. The third-order valence-electron chi connectivity index (χ3n) is 2.04. The lowest BCUT2D eigenvalue weighted by Crippen LogP contribution is -2.26. The Kier molecular flexibility index (Phi) is 3.81. The Hall–Kier alpha value is -1.76. The Morgan fingerprint density at radius 2 is 2.35 bits per heavy atom. The molecule has 0 spiro atoms. The van der Waals surface area contributed by atoms with Gasteiger partial charge in [0.15, 0.2) is 5.82 Å². The van der Waals surface area contributed by atoms with Gasteiger partial charge in [-0.05, 0) is 28.1 Å². The number of amides is 1. The SMILES string of the molecule is O=C(NCCc1ncon1)c1cccnc1Br. The van der Waals surface area contributed by atoms with Crippen molar-refractivity contribution in [3.63, 3.8) is 0 Å². The average molecular weight is 297 g/mol. The molecule has 0 bridgehead atoms. The van der Waals surface area contributed by atoms with E-state index in [-0.39, 0.29) is 5.91 Å². The number of nitrogens with zero attached hydrogens (tertiary/aromatic N) is 3. The number of hydrogen-bond acceptors (Lipinski definition) is 5. The van der Waals surface area contributed by atoms with Crippen LogP contribution in [0.4, 0.5) is 0 Å². The van der Waals surface area contributed by atoms with Crippen LogP contribution in [0.1, 0.15) is 16.2 Å². The van der Waals surface area contributed by atoms with E-state index in [2.05, 4.69) is 40.9 Å². The van der Waals surface area contributed by atoms with Crippen molar-refractivity contribution in [2.24, 2.45) is 0 Å². The first-order chi connectivity index (χ1) is 8.27. The van der Waals surface area contributed by atoms with Crippen LogP contribution in [0, 0.1) is 0 Å². The van der Waals surface area contributed by atoms with Crippen LogP contribution in [0.25, 0.3) is 0 Å². The fraction of sp³-hybridized carbons (Fsp3) is 0.200. The third kappa shape index (κ3) is 3.10. The zero-order valence-electron chi connectivity index (χ0n) is 8.76. The van der Waals surface area contributed by atoms with Crippen molar-refractivity contribution in [2.45, 2.75) is 6.42 Å². The van der Waals surface area contributed by atoms with E-state index in [1.807, 2.05) is 0 Å². The second-order valence-electron chi connectivity index (χ2n) is 3.20. The van der Waals surface area contributed by atoms with Crippen molar-refractivity contribution < 1.29 is 9.32 Å². The number of aromatic nitrogens is 3. The lowest BCUT2D eigenvalue weighted by atomic mass is 10.2. The largest absolute Gasteiger partial charge is 0.351 e. The van der Waals surface area contributed by atoms with E-state index >= 15 is 0 Å². The molecule has 0 aliphatic rings. The Balaban J connectivity index is 1.88. The summed E-state index contributed by atoms with van der Waals surface area (Å²) in [5, 5.41) is 6.39. The molecule has 1 N–H and O–H groups in total. The summed E-state index contributed by atoms with van der Waals surface area (Å²) in [6.07, 6.45) is 3.40. The number of nitrogens with one attached hydrogen (secondary N) is 1. The summed E-state index contributed by atoms with van der Waals surface area (Å²) in [7, 11) is 0. The standard InChI is InChI=1S/C10H9BrN4O2/c11-9-7(2-1-4-12-9)10(16)13-5-3-8-14-6-17-15-8/h1-2,4,6H,3,5H2,(H,13,16). The molecule has 2 aromatic heterocycles. The molecule has 2 rings (SSSR count). The van der Waals surface area contributed by atoms with Crippen molar-refractivity contribution in [2.75, 3.05) is 6.54 Å². The van der Waals surface area contributed by atoms with Gasteiger partial charge in [-0.15, -0.1) is 0 Å². The Bertz CT molecular complexity index is 501. The molecule has 7 heteroatoms. The number of pyridine rings is 1. The van der Waals surface area contributed by atoms with Gasteiger partial charge in [0.05, 0.1) is 5.56 Å². The first-order valence-electron chi connectivity index (χ1n) is 4.91. The van der Waals surface area contributed by atoms with E-state index in [0.29, 0.717) is 29.0 Å². The molecule has 88 valence electrons. The van der Waals surface area contributed by atoms with Gasteiger partial charge in [0.2, 0.25) is 6.39 Å². The highest BCUT2D eigenvalue weighted by Crippen LogP contribution is 2.11. The molecule has 1 amide bonds. The Morgan fingerprint density at radius 3 is 3.06 bits per heavy atom. The second-order valence-corrected chi connectivity index (χ2v) is 3.95. The molecule has 17 heavy (non-hydrogen) atoms. The predicted octanol–water partition coefficient (Wildman–Crippen LogP) is 1.20. The molecule has 0 radical (unpaired) electrons. The first kappa shape index (κ1) is 11.7. The van der Waals surface area contributed by atoms with Crippen molar-refractivity contribution in [3.05, 3.63) is 40.7 Å². The zero-order chi connectivity index (χ0) is 12.1. The van der Waals surface area contributed by atoms with Crippen LogP contribution in [-0.2, 0) is 6.42 Å². The minimum atomic E-state index is -0.187. The summed E-state index contributed by atoms with van der Waals surface area (Å²) < 4.78 is 5.11. The smallest absolute Gasteiger partial charge is 0.254 e. The van der Waals surface area contributed by atoms with E-state index < -0.39 is 0 Å². The first-order valence-corrected chi connectivity index (χ1v) is 5.70. The minimum absolute atomic E-state index is 0.187. The van der Waals surface area contributed by atoms with Crippen LogP contribution in [0.2, 0.25) is 0 Å². The van der Waals surface area contributed by atoms with E-state index in [9.17, 15) is 4.79 Å². The molecule has 0 unspecified atom stereocenters. The summed E-state index contributed by atoms with van der Waals surface area (Å²) in [6.45, 7) is 0.444. The quantitative estimate of drug-likeness (QED) is 0.858. The van der Waals surface area contributed by atoms with Crippen LogP contribution in [0.3, 0.4) is 0 Å². The maximum Gasteiger partial charge on any atom is 0.254 e. The molecule has 0 atom stereocenters. The number of rotatable bonds is 4. The van der Waals surface area contributed by atoms with Crippen LogP contribution >= 0.6 is 15.9 Å². The number of halogens is 1. The second kappa shape index (κ2) is 5.53. The summed E-state index contributed by atoms with van der Waals surface area (Å²) >= 11 is 3.22. The maximum atomic E-state index is 11.7. The molecule has 0 fully saturated rings. The van der Waals surface area contributed by atoms with Crippen molar-refractivity contribution in [1.29, 1.82) is 0 Å². The van der Waals surface area contributed by atoms with Crippen LogP contribution < -0.4 is 5.32 Å². The van der Waals surface area contributed by atoms with Crippen LogP contribution in [-0.4, -0.2) is 27.6 Å². The Morgan fingerprint density at radius 1 is 1.47 bits per heavy atom. The number of carbonyl (C=O) groups is 1. The van der Waals surface area contributed by atoms with E-state index in [1.54, 1.807) is 18.3 Å². The third-order valence-corrected chi connectivity index (χ3v) is 2.68. The molecule has 0 aliphatic heterocycles. The van der Waals surface area contributed by atoms with Gasteiger partial charge in [-0.3, -0.25) is 4.79 Å². The van der Waals surface area contributed by atoms with E-state index in [0.717, 1.165) is 0 Å². The summed E-state index contributed by atoms with van der Waals surface area (Å²) in [5.41, 5.74) is 0.501. The van der Waals surface area contributed by atoms with Gasteiger partial charge in [-0.1, -0.05) is 5.16 Å². The molecule has 6 nitrogen and oxygen atoms in total. The molecule has 0 saturated heterocycles. The highest BCUT2D eigenvalue weighted by atomic mass is 79.9. The van der Waals surface area contributed by atoms with Crippen LogP contribution in [0.5, 0.6) is 0 Å². The van der Waals surface area contributed by atoms with Crippen molar-refractivity contribution in [3.8, 4) is 0 Å². The molecule has 0 saturated carbocycles. The van der Waals surface area contributed by atoms with Gasteiger partial charge >= 0.3 is 0 Å². The van der Waals surface area contributed by atoms with E-state index in [4.69, 9.17) is 0 Å². The highest BCUT2D eigenvalue weighted by Gasteiger charge is 2.09. The zero-order valence-corrected chi connectivity index (χ0v) is 10.3. The number of hydrogen-bond donors (Lipinski definition) is 1. The predicted molar refractivity (Wildman–Crippen MR) is 62.3 cm³/mol. The summed E-state index contributed by atoms with van der Waals surface area (Å²) in [5.74, 6) is 0.379. The fourth-order valence-corrected chi connectivity index (χ4v) is 1.67. The van der Waals surface area contributed by atoms with Crippen LogP contribution in [0.15, 0.2) is 33.8 Å². The molecular weight excluding hydrogens is 288 g/mol. The summed E-state index contributed by atoms with van der Waals surface area (Å²) in [6, 6.07) is 3.40. The minimum Gasteiger partial charge on any atom is -0.351 e. The van der Waals surface area contributed by atoms with Gasteiger partial charge in [0, 0.05) is 19.2 Å². The molecule has 0 aliphatic carbocycles. The van der Waals surface area contributed by atoms with E-state index in [1.165, 1.54) is 6.39 Å². The van der Waals surface area contributed by atoms with Gasteiger partial charge in [0.25, 0.3) is 5.91 Å². The summed E-state index contributed by atoms with van der Waals surface area (Å²) in [4.78, 5) is 19.6. The molecule has 2 heterocycles.